The molecule has 0 saturated heterocycles. The van der Waals surface area contributed by atoms with Gasteiger partial charge in [0.25, 0.3) is 0 Å². The zero-order chi connectivity index (χ0) is 13.8. The molecule has 0 radical (unpaired) electrons. The molecule has 96 valence electrons. The predicted molar refractivity (Wildman–Crippen MR) is 63.0 cm³/mol. The molecule has 0 aliphatic rings. The first-order chi connectivity index (χ1) is 8.29. The molecule has 0 aromatic carbocycles. The summed E-state index contributed by atoms with van der Waals surface area (Å²) in [5.74, 6) is -1.10. The Morgan fingerprint density at radius 2 is 1.11 bits per heavy atom. The van der Waals surface area contributed by atoms with Crippen molar-refractivity contribution in [3.63, 3.8) is 0 Å². The van der Waals surface area contributed by atoms with Crippen LogP contribution in [-0.4, -0.2) is 30.1 Å². The molecule has 2 aromatic rings. The minimum atomic E-state index is -0.758. The van der Waals surface area contributed by atoms with Crippen LogP contribution in [0.4, 0.5) is 0 Å². The summed E-state index contributed by atoms with van der Waals surface area (Å²) in [6.07, 6.45) is 0. The van der Waals surface area contributed by atoms with Crippen LogP contribution in [-0.2, 0) is 14.1 Å². The fourth-order valence-electron chi connectivity index (χ4n) is 2.06. The van der Waals surface area contributed by atoms with Crippen molar-refractivity contribution >= 4 is 23.1 Å². The lowest BCUT2D eigenvalue weighted by Crippen LogP contribution is -2.33. The van der Waals surface area contributed by atoms with E-state index >= 15 is 0 Å². The van der Waals surface area contributed by atoms with Crippen molar-refractivity contribution in [2.24, 2.45) is 14.1 Å². The van der Waals surface area contributed by atoms with Crippen LogP contribution in [0.2, 0.25) is 0 Å². The first-order valence-corrected chi connectivity index (χ1v) is 5.20. The highest BCUT2D eigenvalue weighted by Gasteiger charge is 2.25. The SMILES string of the molecule is CC(=O)n1c(=O)n(C(C)=O)c2c1n(C)c(=O)n2C. The minimum absolute atomic E-state index is 0.121. The largest absolute Gasteiger partial charge is 0.345 e. The first kappa shape index (κ1) is 12.1. The second-order valence-electron chi connectivity index (χ2n) is 4.04. The topological polar surface area (TPSA) is 88.0 Å². The van der Waals surface area contributed by atoms with Crippen molar-refractivity contribution in [2.75, 3.05) is 0 Å². The Morgan fingerprint density at radius 1 is 0.778 bits per heavy atom. The van der Waals surface area contributed by atoms with Crippen molar-refractivity contribution in [3.05, 3.63) is 21.0 Å². The molecular weight excluding hydrogens is 240 g/mol. The second kappa shape index (κ2) is 3.56. The molecule has 18 heavy (non-hydrogen) atoms. The van der Waals surface area contributed by atoms with Crippen molar-refractivity contribution in [1.29, 1.82) is 0 Å². The van der Waals surface area contributed by atoms with Crippen LogP contribution in [0.15, 0.2) is 9.59 Å². The summed E-state index contributed by atoms with van der Waals surface area (Å²) in [5, 5.41) is 0. The van der Waals surface area contributed by atoms with E-state index in [1.807, 2.05) is 0 Å². The highest BCUT2D eigenvalue weighted by atomic mass is 16.2. The average molecular weight is 252 g/mol. The molecule has 8 nitrogen and oxygen atoms in total. The summed E-state index contributed by atoms with van der Waals surface area (Å²) in [6.45, 7) is 2.39. The summed E-state index contributed by atoms with van der Waals surface area (Å²) in [6, 6.07) is 0. The number of fused-ring (bicyclic) bond motifs is 1. The first-order valence-electron chi connectivity index (χ1n) is 5.20. The Labute approximate surface area is 101 Å². The van der Waals surface area contributed by atoms with Crippen molar-refractivity contribution in [3.8, 4) is 0 Å². The molecule has 0 atom stereocenters. The van der Waals surface area contributed by atoms with Gasteiger partial charge in [0.05, 0.1) is 0 Å². The van der Waals surface area contributed by atoms with Crippen LogP contribution < -0.4 is 11.4 Å². The van der Waals surface area contributed by atoms with Crippen molar-refractivity contribution in [2.45, 2.75) is 13.8 Å². The molecule has 0 spiro atoms. The smallest absolute Gasteiger partial charge is 0.279 e. The number of aryl methyl sites for hydroxylation is 2. The van der Waals surface area contributed by atoms with E-state index in [0.717, 1.165) is 18.3 Å². The lowest BCUT2D eigenvalue weighted by Gasteiger charge is -1.97. The monoisotopic (exact) mass is 252 g/mol. The Balaban J connectivity index is 3.23. The van der Waals surface area contributed by atoms with E-state index in [2.05, 4.69) is 0 Å². The van der Waals surface area contributed by atoms with Crippen LogP contribution in [0.1, 0.15) is 23.4 Å². The second-order valence-corrected chi connectivity index (χ2v) is 4.04. The highest BCUT2D eigenvalue weighted by Crippen LogP contribution is 2.10. The van der Waals surface area contributed by atoms with E-state index in [9.17, 15) is 19.2 Å². The lowest BCUT2D eigenvalue weighted by atomic mass is 10.6. The molecule has 2 rings (SSSR count). The van der Waals surface area contributed by atoms with Gasteiger partial charge in [0.1, 0.15) is 0 Å². The number of carbonyl (C=O) groups is 2. The number of nitrogens with zero attached hydrogens (tertiary/aromatic N) is 4. The van der Waals surface area contributed by atoms with Crippen molar-refractivity contribution in [1.82, 2.24) is 18.3 Å². The third-order valence-electron chi connectivity index (χ3n) is 2.85. The number of aromatic nitrogens is 4. The average Bonchev–Trinajstić information content (AvgIpc) is 2.68. The Hall–Kier alpha value is -2.38. The summed E-state index contributed by atoms with van der Waals surface area (Å²) in [4.78, 5) is 46.8. The maximum Gasteiger partial charge on any atom is 0.345 e. The zero-order valence-electron chi connectivity index (χ0n) is 10.4. The molecular formula is C10H12N4O4. The Kier molecular flexibility index (Phi) is 2.39. The molecule has 0 N–H and O–H groups in total. The summed E-state index contributed by atoms with van der Waals surface area (Å²) >= 11 is 0. The van der Waals surface area contributed by atoms with Gasteiger partial charge in [-0.25, -0.2) is 18.7 Å². The fourth-order valence-corrected chi connectivity index (χ4v) is 2.06. The van der Waals surface area contributed by atoms with Gasteiger partial charge < -0.3 is 0 Å². The number of rotatable bonds is 0. The summed E-state index contributed by atoms with van der Waals surface area (Å²) in [7, 11) is 2.88. The summed E-state index contributed by atoms with van der Waals surface area (Å²) in [5.41, 5.74) is -0.929. The molecule has 0 unspecified atom stereocenters. The van der Waals surface area contributed by atoms with Crippen molar-refractivity contribution < 1.29 is 9.59 Å². The van der Waals surface area contributed by atoms with Gasteiger partial charge in [-0.05, 0) is 0 Å². The van der Waals surface area contributed by atoms with Gasteiger partial charge in [-0.3, -0.25) is 18.7 Å². The van der Waals surface area contributed by atoms with Gasteiger partial charge in [0.2, 0.25) is 11.8 Å². The molecule has 8 heteroatoms. The third-order valence-corrected chi connectivity index (χ3v) is 2.85. The zero-order valence-corrected chi connectivity index (χ0v) is 10.4. The number of hydrogen-bond acceptors (Lipinski definition) is 4. The van der Waals surface area contributed by atoms with Gasteiger partial charge in [-0.1, -0.05) is 0 Å². The van der Waals surface area contributed by atoms with Crippen LogP contribution in [0, 0.1) is 0 Å². The minimum Gasteiger partial charge on any atom is -0.279 e. The van der Waals surface area contributed by atoms with E-state index in [-0.39, 0.29) is 11.3 Å². The van der Waals surface area contributed by atoms with Gasteiger partial charge >= 0.3 is 11.4 Å². The van der Waals surface area contributed by atoms with Gasteiger partial charge in [0, 0.05) is 27.9 Å². The van der Waals surface area contributed by atoms with Gasteiger partial charge in [-0.2, -0.15) is 0 Å². The predicted octanol–water partition coefficient (Wildman–Crippen LogP) is -0.840. The molecule has 0 fully saturated rings. The maximum absolute atomic E-state index is 12.0. The van der Waals surface area contributed by atoms with E-state index in [1.165, 1.54) is 27.9 Å². The van der Waals surface area contributed by atoms with E-state index < -0.39 is 23.2 Å². The van der Waals surface area contributed by atoms with E-state index in [0.29, 0.717) is 0 Å². The third kappa shape index (κ3) is 1.25. The van der Waals surface area contributed by atoms with Crippen LogP contribution in [0.3, 0.4) is 0 Å². The number of hydrogen-bond donors (Lipinski definition) is 0. The lowest BCUT2D eigenvalue weighted by molar-refractivity contribution is 0.0923. The van der Waals surface area contributed by atoms with Crippen LogP contribution in [0.25, 0.3) is 11.3 Å². The molecule has 0 bridgehead atoms. The fraction of sp³-hybridized carbons (Fsp3) is 0.400. The van der Waals surface area contributed by atoms with Gasteiger partial charge in [0.15, 0.2) is 11.3 Å². The van der Waals surface area contributed by atoms with E-state index in [4.69, 9.17) is 0 Å². The number of imidazole rings is 2. The van der Waals surface area contributed by atoms with Crippen LogP contribution in [0.5, 0.6) is 0 Å². The molecule has 0 amide bonds. The maximum atomic E-state index is 12.0. The molecule has 2 heterocycles. The Morgan fingerprint density at radius 3 is 1.39 bits per heavy atom. The Bertz CT molecular complexity index is 737. The summed E-state index contributed by atoms with van der Waals surface area (Å²) < 4.78 is 3.96. The molecule has 2 aromatic heterocycles. The normalized spacial score (nSPS) is 11.1. The highest BCUT2D eigenvalue weighted by molar-refractivity contribution is 5.92. The van der Waals surface area contributed by atoms with Gasteiger partial charge in [-0.15, -0.1) is 0 Å². The quantitative estimate of drug-likeness (QED) is 0.611. The number of carbonyl (C=O) groups excluding carboxylic acids is 2. The molecule has 0 saturated carbocycles. The standard InChI is InChI=1S/C10H12N4O4/c1-5(15)13-7-8(12(4)9(17)11(7)3)14(6(2)16)10(13)18/h1-4H3. The molecule has 0 aliphatic heterocycles. The van der Waals surface area contributed by atoms with Crippen LogP contribution >= 0.6 is 0 Å². The molecule has 0 aliphatic carbocycles. The van der Waals surface area contributed by atoms with E-state index in [1.54, 1.807) is 0 Å².